The third-order valence-corrected chi connectivity index (χ3v) is 7.33. The molecule has 2 heteroatoms. The largest absolute Gasteiger partial charge is 0.426 e. The molecule has 0 saturated heterocycles. The number of hydrogen-bond acceptors (Lipinski definition) is 2. The molecule has 0 saturated carbocycles. The molecule has 0 heterocycles. The second kappa shape index (κ2) is 17.4. The van der Waals surface area contributed by atoms with Crippen LogP contribution in [0.2, 0.25) is 0 Å². The van der Waals surface area contributed by atoms with E-state index in [-0.39, 0.29) is 5.97 Å². The lowest BCUT2D eigenvalue weighted by atomic mass is 9.79. The number of carbonyl (C=O) groups is 1. The number of rotatable bonds is 19. The van der Waals surface area contributed by atoms with Crippen LogP contribution in [0, 0.1) is 5.41 Å². The lowest BCUT2D eigenvalue weighted by Crippen LogP contribution is -2.32. The highest BCUT2D eigenvalue weighted by Gasteiger charge is 2.34. The van der Waals surface area contributed by atoms with Gasteiger partial charge in [-0.05, 0) is 43.0 Å². The predicted octanol–water partition coefficient (Wildman–Crippen LogP) is 10.5. The summed E-state index contributed by atoms with van der Waals surface area (Å²) >= 11 is 0. The van der Waals surface area contributed by atoms with Crippen LogP contribution in [0.15, 0.2) is 54.6 Å². The molecule has 0 N–H and O–H groups in total. The fourth-order valence-electron chi connectivity index (χ4n) is 4.85. The summed E-state index contributed by atoms with van der Waals surface area (Å²) in [6.07, 6.45) is 19.7. The van der Waals surface area contributed by atoms with E-state index in [1.165, 1.54) is 82.6 Å². The molecule has 0 aliphatic carbocycles. The minimum absolute atomic E-state index is 0.0542. The Labute approximate surface area is 215 Å². The molecule has 0 spiro atoms. The minimum Gasteiger partial charge on any atom is -0.426 e. The number of benzene rings is 2. The summed E-state index contributed by atoms with van der Waals surface area (Å²) in [5.74, 6) is 0.598. The van der Waals surface area contributed by atoms with Gasteiger partial charge in [0.15, 0.2) is 0 Å². The molecule has 2 aromatic rings. The van der Waals surface area contributed by atoms with Crippen molar-refractivity contribution in [2.24, 2.45) is 5.41 Å². The first-order valence-corrected chi connectivity index (χ1v) is 14.5. The zero-order valence-electron chi connectivity index (χ0n) is 22.8. The van der Waals surface area contributed by atoms with Crippen molar-refractivity contribution in [3.8, 4) is 16.9 Å². The number of ether oxygens (including phenoxy) is 1. The maximum atomic E-state index is 13.4. The molecule has 35 heavy (non-hydrogen) atoms. The molecule has 2 aromatic carbocycles. The smallest absolute Gasteiger partial charge is 0.317 e. The predicted molar refractivity (Wildman–Crippen MR) is 151 cm³/mol. The van der Waals surface area contributed by atoms with Crippen molar-refractivity contribution in [2.45, 2.75) is 124 Å². The Morgan fingerprint density at radius 3 is 1.51 bits per heavy atom. The zero-order chi connectivity index (χ0) is 25.2. The van der Waals surface area contributed by atoms with E-state index in [1.807, 2.05) is 42.5 Å². The van der Waals surface area contributed by atoms with Crippen molar-refractivity contribution >= 4 is 5.97 Å². The Balaban J connectivity index is 1.89. The fourth-order valence-corrected chi connectivity index (χ4v) is 4.85. The monoisotopic (exact) mass is 478 g/mol. The third-order valence-electron chi connectivity index (χ3n) is 7.33. The molecular formula is C33H50O2. The minimum atomic E-state index is -0.398. The highest BCUT2D eigenvalue weighted by atomic mass is 16.5. The van der Waals surface area contributed by atoms with Gasteiger partial charge >= 0.3 is 5.97 Å². The van der Waals surface area contributed by atoms with Gasteiger partial charge in [0.2, 0.25) is 0 Å². The van der Waals surface area contributed by atoms with E-state index < -0.39 is 5.41 Å². The van der Waals surface area contributed by atoms with Crippen LogP contribution >= 0.6 is 0 Å². The molecular weight excluding hydrogens is 428 g/mol. The van der Waals surface area contributed by atoms with Crippen LogP contribution in [0.25, 0.3) is 11.1 Å². The summed E-state index contributed by atoms with van der Waals surface area (Å²) in [6.45, 7) is 6.66. The quantitative estimate of drug-likeness (QED) is 0.114. The van der Waals surface area contributed by atoms with Crippen molar-refractivity contribution in [3.05, 3.63) is 54.6 Å². The average molecular weight is 479 g/mol. The van der Waals surface area contributed by atoms with Gasteiger partial charge in [-0.1, -0.05) is 146 Å². The van der Waals surface area contributed by atoms with E-state index in [4.69, 9.17) is 4.74 Å². The Morgan fingerprint density at radius 2 is 1.03 bits per heavy atom. The highest BCUT2D eigenvalue weighted by molar-refractivity contribution is 5.79. The summed E-state index contributed by atoms with van der Waals surface area (Å²) in [5, 5.41) is 0. The first-order chi connectivity index (χ1) is 17.1. The molecule has 2 nitrogen and oxygen atoms in total. The molecule has 0 aromatic heterocycles. The lowest BCUT2D eigenvalue weighted by molar-refractivity contribution is -0.146. The van der Waals surface area contributed by atoms with Crippen LogP contribution in [0.4, 0.5) is 0 Å². The van der Waals surface area contributed by atoms with Crippen LogP contribution in [0.1, 0.15) is 124 Å². The first kappa shape index (κ1) is 29.1. The van der Waals surface area contributed by atoms with Gasteiger partial charge in [-0.3, -0.25) is 4.79 Å². The summed E-state index contributed by atoms with van der Waals surface area (Å²) in [4.78, 5) is 13.4. The van der Waals surface area contributed by atoms with Crippen LogP contribution in [-0.2, 0) is 4.79 Å². The van der Waals surface area contributed by atoms with Gasteiger partial charge in [0.25, 0.3) is 0 Å². The van der Waals surface area contributed by atoms with Gasteiger partial charge in [0.05, 0.1) is 5.41 Å². The molecule has 1 atom stereocenters. The maximum absolute atomic E-state index is 13.4. The van der Waals surface area contributed by atoms with Crippen LogP contribution < -0.4 is 4.74 Å². The Kier molecular flexibility index (Phi) is 14.5. The Hall–Kier alpha value is -2.09. The van der Waals surface area contributed by atoms with Gasteiger partial charge in [0.1, 0.15) is 5.75 Å². The molecule has 0 bridgehead atoms. The van der Waals surface area contributed by atoms with Crippen molar-refractivity contribution in [3.63, 3.8) is 0 Å². The molecule has 0 aliphatic rings. The molecule has 2 rings (SSSR count). The zero-order valence-corrected chi connectivity index (χ0v) is 22.8. The summed E-state index contributed by atoms with van der Waals surface area (Å²) < 4.78 is 5.95. The first-order valence-electron chi connectivity index (χ1n) is 14.5. The van der Waals surface area contributed by atoms with Crippen LogP contribution in [0.3, 0.4) is 0 Å². The number of esters is 1. The standard InChI is InChI=1S/C33H50O2/c1-4-6-8-10-12-13-15-20-28-33(3,27-19-14-11-9-7-5-2)32(34)35-31-25-23-30(24-26-31)29-21-17-16-18-22-29/h16-18,21-26H,4-15,19-20,27-28H2,1-3H3. The van der Waals surface area contributed by atoms with Crippen molar-refractivity contribution < 1.29 is 9.53 Å². The number of hydrogen-bond donors (Lipinski definition) is 0. The Morgan fingerprint density at radius 1 is 0.600 bits per heavy atom. The van der Waals surface area contributed by atoms with Crippen LogP contribution in [-0.4, -0.2) is 5.97 Å². The van der Waals surface area contributed by atoms with Gasteiger partial charge in [0, 0.05) is 0 Å². The second-order valence-electron chi connectivity index (χ2n) is 10.6. The number of unbranched alkanes of at least 4 members (excludes halogenated alkanes) is 12. The van der Waals surface area contributed by atoms with Crippen molar-refractivity contribution in [1.82, 2.24) is 0 Å². The van der Waals surface area contributed by atoms with E-state index in [2.05, 4.69) is 32.9 Å². The van der Waals surface area contributed by atoms with E-state index in [0.717, 1.165) is 31.2 Å². The molecule has 0 fully saturated rings. The SMILES string of the molecule is CCCCCCCCCCC(C)(CCCCCCCC)C(=O)Oc1ccc(-c2ccccc2)cc1. The molecule has 0 radical (unpaired) electrons. The van der Waals surface area contributed by atoms with E-state index >= 15 is 0 Å². The Bertz CT molecular complexity index is 796. The third kappa shape index (κ3) is 11.5. The van der Waals surface area contributed by atoms with E-state index in [1.54, 1.807) is 0 Å². The van der Waals surface area contributed by atoms with E-state index in [9.17, 15) is 4.79 Å². The summed E-state index contributed by atoms with van der Waals surface area (Å²) in [7, 11) is 0. The van der Waals surface area contributed by atoms with Gasteiger partial charge in [-0.2, -0.15) is 0 Å². The molecule has 0 aliphatic heterocycles. The fraction of sp³-hybridized carbons (Fsp3) is 0.606. The topological polar surface area (TPSA) is 26.3 Å². The van der Waals surface area contributed by atoms with Crippen molar-refractivity contribution in [1.29, 1.82) is 0 Å². The molecule has 1 unspecified atom stereocenters. The van der Waals surface area contributed by atoms with Gasteiger partial charge in [-0.25, -0.2) is 0 Å². The lowest BCUT2D eigenvalue weighted by Gasteiger charge is -2.27. The molecule has 194 valence electrons. The number of carbonyl (C=O) groups excluding carboxylic acids is 1. The summed E-state index contributed by atoms with van der Waals surface area (Å²) in [6, 6.07) is 18.3. The van der Waals surface area contributed by atoms with Gasteiger partial charge < -0.3 is 4.74 Å². The molecule has 0 amide bonds. The average Bonchev–Trinajstić information content (AvgIpc) is 2.88. The summed E-state index contributed by atoms with van der Waals surface area (Å²) in [5.41, 5.74) is 1.91. The normalized spacial score (nSPS) is 12.9. The van der Waals surface area contributed by atoms with E-state index in [0.29, 0.717) is 5.75 Å². The second-order valence-corrected chi connectivity index (χ2v) is 10.6. The highest BCUT2D eigenvalue weighted by Crippen LogP contribution is 2.34. The van der Waals surface area contributed by atoms with Gasteiger partial charge in [-0.15, -0.1) is 0 Å². The van der Waals surface area contributed by atoms with Crippen LogP contribution in [0.5, 0.6) is 5.75 Å². The van der Waals surface area contributed by atoms with Crippen molar-refractivity contribution in [2.75, 3.05) is 0 Å². The maximum Gasteiger partial charge on any atom is 0.317 e.